The van der Waals surface area contributed by atoms with Crippen LogP contribution in [0.4, 0.5) is 0 Å². The van der Waals surface area contributed by atoms with Gasteiger partial charge in [0.2, 0.25) is 0 Å². The van der Waals surface area contributed by atoms with E-state index in [1.165, 1.54) is 6.20 Å². The van der Waals surface area contributed by atoms with E-state index in [0.29, 0.717) is 11.0 Å². The number of carbonyl (C=O) groups is 1. The zero-order valence-corrected chi connectivity index (χ0v) is 8.17. The summed E-state index contributed by atoms with van der Waals surface area (Å²) >= 11 is 0.947. The van der Waals surface area contributed by atoms with Gasteiger partial charge in [0.05, 0.1) is 11.9 Å². The fraction of sp³-hybridized carbons (Fsp3) is 0.143. The Hall–Kier alpha value is -1.83. The molecule has 8 heteroatoms. The quantitative estimate of drug-likeness (QED) is 0.494. The van der Waals surface area contributed by atoms with Crippen molar-refractivity contribution in [3.8, 4) is 0 Å². The first-order chi connectivity index (χ1) is 7.16. The molecule has 78 valence electrons. The van der Waals surface area contributed by atoms with Crippen molar-refractivity contribution in [2.24, 2.45) is 0 Å². The second-order valence-corrected chi connectivity index (χ2v) is 3.65. The molecule has 0 saturated carbocycles. The maximum atomic E-state index is 11.4. The number of nitrogens with one attached hydrogen (secondary N) is 2. The van der Waals surface area contributed by atoms with E-state index in [9.17, 15) is 9.59 Å². The molecule has 0 radical (unpaired) electrons. The van der Waals surface area contributed by atoms with E-state index < -0.39 is 5.97 Å². The molecule has 0 amide bonds. The highest BCUT2D eigenvalue weighted by molar-refractivity contribution is 7.99. The lowest BCUT2D eigenvalue weighted by Crippen LogP contribution is -2.09. The van der Waals surface area contributed by atoms with Gasteiger partial charge in [0, 0.05) is 0 Å². The van der Waals surface area contributed by atoms with Crippen LogP contribution in [0.15, 0.2) is 16.1 Å². The van der Waals surface area contributed by atoms with E-state index in [-0.39, 0.29) is 16.5 Å². The number of hydrogen-bond donors (Lipinski definition) is 3. The molecular formula is C7H6N4O3S. The second-order valence-electron chi connectivity index (χ2n) is 2.69. The van der Waals surface area contributed by atoms with E-state index in [1.807, 2.05) is 0 Å². The van der Waals surface area contributed by atoms with E-state index in [4.69, 9.17) is 5.11 Å². The topological polar surface area (TPSA) is 112 Å². The molecule has 0 spiro atoms. The number of fused-ring (bicyclic) bond motifs is 1. The van der Waals surface area contributed by atoms with Crippen molar-refractivity contribution >= 4 is 28.8 Å². The van der Waals surface area contributed by atoms with Gasteiger partial charge in [-0.25, -0.2) is 4.98 Å². The van der Waals surface area contributed by atoms with E-state index in [0.717, 1.165) is 11.8 Å². The van der Waals surface area contributed by atoms with Gasteiger partial charge in [-0.05, 0) is 0 Å². The smallest absolute Gasteiger partial charge is 0.313 e. The van der Waals surface area contributed by atoms with Gasteiger partial charge in [-0.1, -0.05) is 11.8 Å². The van der Waals surface area contributed by atoms with Gasteiger partial charge in [-0.3, -0.25) is 14.7 Å². The molecule has 2 aromatic rings. The summed E-state index contributed by atoms with van der Waals surface area (Å²) < 4.78 is 0. The van der Waals surface area contributed by atoms with Crippen LogP contribution >= 0.6 is 11.8 Å². The van der Waals surface area contributed by atoms with Crippen molar-refractivity contribution in [1.29, 1.82) is 0 Å². The minimum atomic E-state index is -0.965. The summed E-state index contributed by atoms with van der Waals surface area (Å²) in [6, 6.07) is 0. The molecule has 0 aromatic carbocycles. The summed E-state index contributed by atoms with van der Waals surface area (Å²) in [4.78, 5) is 28.2. The normalized spacial score (nSPS) is 10.7. The first-order valence-corrected chi connectivity index (χ1v) is 4.93. The predicted octanol–water partition coefficient (Wildman–Crippen LogP) is -0.177. The van der Waals surface area contributed by atoms with Crippen LogP contribution in [0.5, 0.6) is 0 Å². The third kappa shape index (κ3) is 1.99. The number of aliphatic carboxylic acids is 1. The number of carboxylic acids is 1. The highest BCUT2D eigenvalue weighted by Gasteiger charge is 2.07. The maximum absolute atomic E-state index is 11.4. The van der Waals surface area contributed by atoms with Crippen LogP contribution < -0.4 is 5.56 Å². The molecule has 15 heavy (non-hydrogen) atoms. The van der Waals surface area contributed by atoms with E-state index in [2.05, 4.69) is 20.2 Å². The van der Waals surface area contributed by atoms with Crippen LogP contribution in [-0.2, 0) is 4.79 Å². The number of aromatic amines is 2. The summed E-state index contributed by atoms with van der Waals surface area (Å²) in [5, 5.41) is 15.3. The highest BCUT2D eigenvalue weighted by Crippen LogP contribution is 2.12. The number of H-pyrrole nitrogens is 2. The van der Waals surface area contributed by atoms with Gasteiger partial charge in [-0.2, -0.15) is 5.10 Å². The molecule has 0 fully saturated rings. The lowest BCUT2D eigenvalue weighted by molar-refractivity contribution is -0.133. The number of nitrogens with zero attached hydrogens (tertiary/aromatic N) is 2. The summed E-state index contributed by atoms with van der Waals surface area (Å²) in [5.41, 5.74) is 0.0216. The Morgan fingerprint density at radius 2 is 2.40 bits per heavy atom. The standard InChI is InChI=1S/C7H6N4O3S/c12-4(13)2-15-7-9-5-3(1-8-11-5)6(14)10-7/h1H,2H2,(H,12,13)(H2,8,9,10,11,14). The van der Waals surface area contributed by atoms with Crippen molar-refractivity contribution in [1.82, 2.24) is 20.2 Å². The Labute approximate surface area is 86.9 Å². The van der Waals surface area contributed by atoms with Crippen molar-refractivity contribution in [3.63, 3.8) is 0 Å². The number of aromatic nitrogens is 4. The Bertz CT molecular complexity index is 561. The molecule has 0 aliphatic heterocycles. The van der Waals surface area contributed by atoms with Crippen LogP contribution in [-0.4, -0.2) is 37.0 Å². The fourth-order valence-corrected chi connectivity index (χ4v) is 1.60. The lowest BCUT2D eigenvalue weighted by atomic mass is 10.4. The molecule has 0 aliphatic carbocycles. The first kappa shape index (κ1) is 9.71. The van der Waals surface area contributed by atoms with Crippen molar-refractivity contribution < 1.29 is 9.90 Å². The molecule has 0 bridgehead atoms. The lowest BCUT2D eigenvalue weighted by Gasteiger charge is -1.96. The number of hydrogen-bond acceptors (Lipinski definition) is 5. The molecular weight excluding hydrogens is 220 g/mol. The van der Waals surface area contributed by atoms with Gasteiger partial charge in [0.25, 0.3) is 5.56 Å². The molecule has 2 aromatic heterocycles. The van der Waals surface area contributed by atoms with Gasteiger partial charge in [0.1, 0.15) is 5.39 Å². The molecule has 3 N–H and O–H groups in total. The first-order valence-electron chi connectivity index (χ1n) is 3.95. The zero-order chi connectivity index (χ0) is 10.8. The minimum Gasteiger partial charge on any atom is -0.481 e. The average molecular weight is 226 g/mol. The van der Waals surface area contributed by atoms with E-state index in [1.54, 1.807) is 0 Å². The van der Waals surface area contributed by atoms with Crippen LogP contribution in [0, 0.1) is 0 Å². The summed E-state index contributed by atoms with van der Waals surface area (Å²) in [7, 11) is 0. The van der Waals surface area contributed by atoms with Crippen molar-refractivity contribution in [2.75, 3.05) is 5.75 Å². The summed E-state index contributed by atoms with van der Waals surface area (Å²) in [6.45, 7) is 0. The number of rotatable bonds is 3. The number of thioether (sulfide) groups is 1. The Morgan fingerprint density at radius 3 is 3.13 bits per heavy atom. The zero-order valence-electron chi connectivity index (χ0n) is 7.35. The summed E-state index contributed by atoms with van der Waals surface area (Å²) in [5.74, 6) is -1.12. The molecule has 0 aliphatic rings. The highest BCUT2D eigenvalue weighted by atomic mass is 32.2. The predicted molar refractivity (Wildman–Crippen MR) is 52.9 cm³/mol. The molecule has 0 atom stereocenters. The second kappa shape index (κ2) is 3.73. The Kier molecular flexibility index (Phi) is 2.42. The van der Waals surface area contributed by atoms with Crippen LogP contribution in [0.25, 0.3) is 11.0 Å². The fourth-order valence-electron chi connectivity index (χ4n) is 1.02. The molecule has 2 heterocycles. The minimum absolute atomic E-state index is 0.150. The maximum Gasteiger partial charge on any atom is 0.313 e. The number of carboxylic acid groups (broad SMARTS) is 1. The summed E-state index contributed by atoms with van der Waals surface area (Å²) in [6.07, 6.45) is 1.37. The monoisotopic (exact) mass is 226 g/mol. The van der Waals surface area contributed by atoms with Gasteiger partial charge in [-0.15, -0.1) is 0 Å². The van der Waals surface area contributed by atoms with Gasteiger partial charge >= 0.3 is 5.97 Å². The van der Waals surface area contributed by atoms with Crippen molar-refractivity contribution in [2.45, 2.75) is 5.16 Å². The SMILES string of the molecule is O=C(O)CSc1nc2[nH]ncc2c(=O)[nH]1. The Balaban J connectivity index is 2.36. The molecule has 7 nitrogen and oxygen atoms in total. The third-order valence-electron chi connectivity index (χ3n) is 1.63. The molecule has 2 rings (SSSR count). The molecule has 0 saturated heterocycles. The molecule has 0 unspecified atom stereocenters. The van der Waals surface area contributed by atoms with E-state index >= 15 is 0 Å². The van der Waals surface area contributed by atoms with Crippen LogP contribution in [0.3, 0.4) is 0 Å². The van der Waals surface area contributed by atoms with Gasteiger partial charge in [0.15, 0.2) is 10.8 Å². The van der Waals surface area contributed by atoms with Crippen LogP contribution in [0.1, 0.15) is 0 Å². The Morgan fingerprint density at radius 1 is 1.60 bits per heavy atom. The average Bonchev–Trinajstić information content (AvgIpc) is 2.63. The largest absolute Gasteiger partial charge is 0.481 e. The van der Waals surface area contributed by atoms with Crippen molar-refractivity contribution in [3.05, 3.63) is 16.6 Å². The van der Waals surface area contributed by atoms with Crippen LogP contribution in [0.2, 0.25) is 0 Å². The van der Waals surface area contributed by atoms with Gasteiger partial charge < -0.3 is 10.1 Å². The third-order valence-corrected chi connectivity index (χ3v) is 2.49.